The Morgan fingerprint density at radius 2 is 2.25 bits per heavy atom. The van der Waals surface area contributed by atoms with E-state index in [1.807, 2.05) is 18.7 Å². The summed E-state index contributed by atoms with van der Waals surface area (Å²) in [5.74, 6) is 0.945. The molecule has 0 bridgehead atoms. The summed E-state index contributed by atoms with van der Waals surface area (Å²) in [6.45, 7) is 11.0. The molecule has 0 aliphatic heterocycles. The molecule has 20 heavy (non-hydrogen) atoms. The van der Waals surface area contributed by atoms with Gasteiger partial charge in [0.1, 0.15) is 0 Å². The van der Waals surface area contributed by atoms with Gasteiger partial charge in [-0.05, 0) is 34.0 Å². The Hall–Kier alpha value is -0.750. The van der Waals surface area contributed by atoms with Crippen LogP contribution in [0.2, 0.25) is 0 Å². The average molecular weight is 315 g/mol. The zero-order chi connectivity index (χ0) is 15.2. The van der Waals surface area contributed by atoms with Crippen molar-refractivity contribution in [2.75, 3.05) is 26.4 Å². The predicted molar refractivity (Wildman–Crippen MR) is 91.9 cm³/mol. The van der Waals surface area contributed by atoms with Gasteiger partial charge in [-0.3, -0.25) is 4.99 Å². The molecule has 0 saturated carbocycles. The predicted octanol–water partition coefficient (Wildman–Crippen LogP) is 2.99. The van der Waals surface area contributed by atoms with Crippen molar-refractivity contribution in [3.8, 4) is 0 Å². The van der Waals surface area contributed by atoms with E-state index < -0.39 is 0 Å². The van der Waals surface area contributed by atoms with E-state index in [0.717, 1.165) is 36.3 Å². The summed E-state index contributed by atoms with van der Waals surface area (Å²) < 4.78 is 0.165. The first-order valence-corrected chi connectivity index (χ1v) is 8.94. The van der Waals surface area contributed by atoms with Crippen LogP contribution in [0.25, 0.3) is 0 Å². The van der Waals surface area contributed by atoms with Gasteiger partial charge < -0.3 is 10.2 Å². The lowest BCUT2D eigenvalue weighted by atomic mass is 10.2. The van der Waals surface area contributed by atoms with Gasteiger partial charge in [-0.2, -0.15) is 11.8 Å². The zero-order valence-corrected chi connectivity index (χ0v) is 15.0. The van der Waals surface area contributed by atoms with E-state index in [-0.39, 0.29) is 4.75 Å². The Balaban J connectivity index is 2.71. The lowest BCUT2D eigenvalue weighted by molar-refractivity contribution is 0.469. The molecule has 0 spiro atoms. The van der Waals surface area contributed by atoms with Gasteiger partial charge in [0.05, 0.1) is 23.8 Å². The molecule has 0 amide bonds. The zero-order valence-electron chi connectivity index (χ0n) is 13.4. The summed E-state index contributed by atoms with van der Waals surface area (Å²) in [5.41, 5.74) is 1.10. The van der Waals surface area contributed by atoms with Crippen molar-refractivity contribution < 1.29 is 0 Å². The molecular weight excluding hydrogens is 288 g/mol. The van der Waals surface area contributed by atoms with Crippen molar-refractivity contribution in [2.24, 2.45) is 4.99 Å². The molecule has 0 radical (unpaired) electrons. The van der Waals surface area contributed by atoms with Crippen LogP contribution in [0.3, 0.4) is 0 Å². The second kappa shape index (κ2) is 7.88. The molecule has 1 aromatic rings. The van der Waals surface area contributed by atoms with Crippen LogP contribution in [0.4, 0.5) is 0 Å². The number of aryl methyl sites for hydroxylation is 1. The summed E-state index contributed by atoms with van der Waals surface area (Å²) >= 11 is 3.53. The second-order valence-corrected chi connectivity index (χ2v) is 7.92. The number of aliphatic imine (C=N–C) groups is 1. The molecule has 1 heterocycles. The van der Waals surface area contributed by atoms with Crippen molar-refractivity contribution in [1.82, 2.24) is 15.2 Å². The van der Waals surface area contributed by atoms with Crippen molar-refractivity contribution in [1.29, 1.82) is 0 Å². The van der Waals surface area contributed by atoms with Crippen molar-refractivity contribution in [2.45, 2.75) is 39.0 Å². The molecule has 6 heteroatoms. The SMILES string of the molecule is CCNC(=NCC(C)(C)SC)N(C)Cc1csc(C)n1. The monoisotopic (exact) mass is 314 g/mol. The minimum Gasteiger partial charge on any atom is -0.357 e. The topological polar surface area (TPSA) is 40.5 Å². The first-order chi connectivity index (χ1) is 9.38. The lowest BCUT2D eigenvalue weighted by Crippen LogP contribution is -2.39. The molecule has 114 valence electrons. The maximum Gasteiger partial charge on any atom is 0.194 e. The summed E-state index contributed by atoms with van der Waals surface area (Å²) in [5, 5.41) is 6.57. The normalized spacial score (nSPS) is 12.6. The van der Waals surface area contributed by atoms with E-state index in [2.05, 4.69) is 54.7 Å². The molecule has 0 fully saturated rings. The van der Waals surface area contributed by atoms with E-state index >= 15 is 0 Å². The van der Waals surface area contributed by atoms with Crippen LogP contribution >= 0.6 is 23.1 Å². The molecule has 0 aliphatic carbocycles. The van der Waals surface area contributed by atoms with Crippen LogP contribution in [0.1, 0.15) is 31.5 Å². The molecule has 0 aliphatic rings. The molecule has 4 nitrogen and oxygen atoms in total. The Kier molecular flexibility index (Phi) is 6.82. The highest BCUT2D eigenvalue weighted by Crippen LogP contribution is 2.21. The maximum atomic E-state index is 4.75. The number of thiazole rings is 1. The fourth-order valence-corrected chi connectivity index (χ4v) is 2.40. The van der Waals surface area contributed by atoms with Gasteiger partial charge in [-0.1, -0.05) is 0 Å². The van der Waals surface area contributed by atoms with E-state index in [1.54, 1.807) is 11.3 Å². The van der Waals surface area contributed by atoms with E-state index in [4.69, 9.17) is 4.99 Å². The van der Waals surface area contributed by atoms with Gasteiger partial charge in [0, 0.05) is 23.7 Å². The van der Waals surface area contributed by atoms with Gasteiger partial charge in [0.25, 0.3) is 0 Å². The van der Waals surface area contributed by atoms with Crippen LogP contribution in [-0.2, 0) is 6.54 Å². The highest BCUT2D eigenvalue weighted by molar-refractivity contribution is 7.99. The van der Waals surface area contributed by atoms with Crippen molar-refractivity contribution in [3.63, 3.8) is 0 Å². The fraction of sp³-hybridized carbons (Fsp3) is 0.714. The molecule has 1 N–H and O–H groups in total. The largest absolute Gasteiger partial charge is 0.357 e. The number of rotatable bonds is 6. The van der Waals surface area contributed by atoms with E-state index in [1.165, 1.54) is 0 Å². The average Bonchev–Trinajstić information content (AvgIpc) is 2.79. The smallest absolute Gasteiger partial charge is 0.194 e. The quantitative estimate of drug-likeness (QED) is 0.647. The van der Waals surface area contributed by atoms with Gasteiger partial charge in [0.2, 0.25) is 0 Å². The number of nitrogens with zero attached hydrogens (tertiary/aromatic N) is 3. The Morgan fingerprint density at radius 3 is 2.75 bits per heavy atom. The van der Waals surface area contributed by atoms with Crippen molar-refractivity contribution in [3.05, 3.63) is 16.1 Å². The van der Waals surface area contributed by atoms with Crippen LogP contribution < -0.4 is 5.32 Å². The third-order valence-corrected chi connectivity index (χ3v) is 4.98. The highest BCUT2D eigenvalue weighted by Gasteiger charge is 2.16. The number of thioether (sulfide) groups is 1. The standard InChI is InChI=1S/C14H26N4S2/c1-7-15-13(16-10-14(3,4)19-6)18(5)8-12-9-20-11(2)17-12/h9H,7-8,10H2,1-6H3,(H,15,16). The summed E-state index contributed by atoms with van der Waals surface area (Å²) in [6.07, 6.45) is 2.13. The summed E-state index contributed by atoms with van der Waals surface area (Å²) in [4.78, 5) is 11.4. The van der Waals surface area contributed by atoms with Crippen LogP contribution in [0, 0.1) is 6.92 Å². The molecular formula is C14H26N4S2. The lowest BCUT2D eigenvalue weighted by Gasteiger charge is -2.24. The molecule has 0 unspecified atom stereocenters. The fourth-order valence-electron chi connectivity index (χ4n) is 1.60. The van der Waals surface area contributed by atoms with Crippen LogP contribution in [-0.4, -0.2) is 47.0 Å². The van der Waals surface area contributed by atoms with Gasteiger partial charge in [0.15, 0.2) is 5.96 Å². The molecule has 1 aromatic heterocycles. The van der Waals surface area contributed by atoms with E-state index in [0.29, 0.717) is 0 Å². The first kappa shape index (κ1) is 17.3. The van der Waals surface area contributed by atoms with E-state index in [9.17, 15) is 0 Å². The highest BCUT2D eigenvalue weighted by atomic mass is 32.2. The van der Waals surface area contributed by atoms with Gasteiger partial charge in [-0.25, -0.2) is 4.98 Å². The number of guanidine groups is 1. The minimum atomic E-state index is 0.165. The molecule has 1 rings (SSSR count). The number of aromatic nitrogens is 1. The Morgan fingerprint density at radius 1 is 1.55 bits per heavy atom. The summed E-state index contributed by atoms with van der Waals surface area (Å²) in [6, 6.07) is 0. The second-order valence-electron chi connectivity index (χ2n) is 5.35. The van der Waals surface area contributed by atoms with Gasteiger partial charge in [-0.15, -0.1) is 11.3 Å². The third-order valence-electron chi connectivity index (χ3n) is 2.92. The Bertz CT molecular complexity index is 440. The van der Waals surface area contributed by atoms with Crippen LogP contribution in [0.5, 0.6) is 0 Å². The van der Waals surface area contributed by atoms with Crippen LogP contribution in [0.15, 0.2) is 10.4 Å². The third kappa shape index (κ3) is 5.71. The molecule has 0 aromatic carbocycles. The molecule has 0 saturated heterocycles. The summed E-state index contributed by atoms with van der Waals surface area (Å²) in [7, 11) is 2.06. The van der Waals surface area contributed by atoms with Crippen molar-refractivity contribution >= 4 is 29.1 Å². The van der Waals surface area contributed by atoms with Gasteiger partial charge >= 0.3 is 0 Å². The minimum absolute atomic E-state index is 0.165. The number of hydrogen-bond acceptors (Lipinski definition) is 4. The Labute approximate surface area is 131 Å². The number of nitrogens with one attached hydrogen (secondary N) is 1. The maximum absolute atomic E-state index is 4.75. The number of hydrogen-bond donors (Lipinski definition) is 1. The molecule has 0 atom stereocenters. The first-order valence-electron chi connectivity index (χ1n) is 6.83.